The maximum absolute atomic E-state index is 12.2. The van der Waals surface area contributed by atoms with Gasteiger partial charge in [0.05, 0.1) is 5.92 Å². The van der Waals surface area contributed by atoms with E-state index in [1.54, 1.807) is 11.0 Å². The van der Waals surface area contributed by atoms with E-state index in [2.05, 4.69) is 29.6 Å². The molecule has 1 saturated heterocycles. The van der Waals surface area contributed by atoms with Crippen molar-refractivity contribution in [3.05, 3.63) is 71.8 Å². The molecule has 0 bridgehead atoms. The number of hydrogen-bond donors (Lipinski definition) is 2. The molecule has 4 rings (SSSR count). The fraction of sp³-hybridized carbons (Fsp3) is 0.320. The number of benzene rings is 2. The van der Waals surface area contributed by atoms with E-state index in [1.165, 1.54) is 17.2 Å². The largest absolute Gasteiger partial charge is 0.481 e. The molecule has 2 amide bonds. The standard InChI is InChI=1S/C25H26N2O5/c28-23(27-14-11-17(12-15-27)24(29)30)10-5-13-26-25(31)32-16-22-20-8-3-1-6-18(20)19-7-2-4-9-21(19)22/h1-10,17,22H,11-16H2,(H,26,31)(H,29,30)/b10-5+. The van der Waals surface area contributed by atoms with Gasteiger partial charge in [-0.25, -0.2) is 4.79 Å². The molecule has 0 saturated carbocycles. The van der Waals surface area contributed by atoms with Crippen LogP contribution in [0.3, 0.4) is 0 Å². The molecule has 0 unspecified atom stereocenters. The van der Waals surface area contributed by atoms with Crippen LogP contribution >= 0.6 is 0 Å². The average Bonchev–Trinajstić information content (AvgIpc) is 3.14. The van der Waals surface area contributed by atoms with Gasteiger partial charge in [0.25, 0.3) is 0 Å². The Balaban J connectivity index is 1.23. The van der Waals surface area contributed by atoms with Crippen molar-refractivity contribution >= 4 is 18.0 Å². The highest BCUT2D eigenvalue weighted by Crippen LogP contribution is 2.44. The first-order valence-corrected chi connectivity index (χ1v) is 10.8. The Morgan fingerprint density at radius 2 is 1.59 bits per heavy atom. The van der Waals surface area contributed by atoms with Gasteiger partial charge in [0.2, 0.25) is 5.91 Å². The summed E-state index contributed by atoms with van der Waals surface area (Å²) in [6, 6.07) is 16.3. The van der Waals surface area contributed by atoms with Gasteiger partial charge < -0.3 is 20.1 Å². The third kappa shape index (κ3) is 4.66. The number of carbonyl (C=O) groups is 3. The van der Waals surface area contributed by atoms with Crippen LogP contribution in [-0.4, -0.2) is 54.2 Å². The molecule has 1 aliphatic heterocycles. The molecule has 0 radical (unpaired) electrons. The number of rotatable bonds is 6. The third-order valence-electron chi connectivity index (χ3n) is 6.12. The summed E-state index contributed by atoms with van der Waals surface area (Å²) >= 11 is 0. The van der Waals surface area contributed by atoms with Gasteiger partial charge in [-0.2, -0.15) is 0 Å². The molecule has 2 N–H and O–H groups in total. The normalized spacial score (nSPS) is 15.9. The van der Waals surface area contributed by atoms with Crippen molar-refractivity contribution in [3.63, 3.8) is 0 Å². The zero-order chi connectivity index (χ0) is 22.5. The fourth-order valence-corrected chi connectivity index (χ4v) is 4.40. The Morgan fingerprint density at radius 3 is 2.19 bits per heavy atom. The molecule has 1 fully saturated rings. The number of piperidine rings is 1. The zero-order valence-corrected chi connectivity index (χ0v) is 17.7. The van der Waals surface area contributed by atoms with E-state index in [0.29, 0.717) is 25.9 Å². The summed E-state index contributed by atoms with van der Waals surface area (Å²) in [5.41, 5.74) is 4.65. The van der Waals surface area contributed by atoms with Gasteiger partial charge in [-0.05, 0) is 35.1 Å². The number of nitrogens with one attached hydrogen (secondary N) is 1. The van der Waals surface area contributed by atoms with Crippen molar-refractivity contribution in [2.45, 2.75) is 18.8 Å². The molecule has 166 valence electrons. The van der Waals surface area contributed by atoms with E-state index in [1.807, 2.05) is 24.3 Å². The van der Waals surface area contributed by atoms with Gasteiger partial charge in [0, 0.05) is 31.6 Å². The van der Waals surface area contributed by atoms with Crippen LogP contribution in [0, 0.1) is 5.92 Å². The molecule has 2 aromatic rings. The third-order valence-corrected chi connectivity index (χ3v) is 6.12. The van der Waals surface area contributed by atoms with Crippen molar-refractivity contribution in [3.8, 4) is 11.1 Å². The van der Waals surface area contributed by atoms with Crippen LogP contribution in [0.25, 0.3) is 11.1 Å². The quantitative estimate of drug-likeness (QED) is 0.680. The minimum Gasteiger partial charge on any atom is -0.481 e. The molecule has 1 heterocycles. The van der Waals surface area contributed by atoms with Crippen LogP contribution in [-0.2, 0) is 14.3 Å². The lowest BCUT2D eigenvalue weighted by molar-refractivity contribution is -0.144. The lowest BCUT2D eigenvalue weighted by Crippen LogP contribution is -2.39. The van der Waals surface area contributed by atoms with Crippen molar-refractivity contribution in [1.29, 1.82) is 0 Å². The first-order valence-electron chi connectivity index (χ1n) is 10.8. The summed E-state index contributed by atoms with van der Waals surface area (Å²) < 4.78 is 5.46. The van der Waals surface area contributed by atoms with E-state index in [4.69, 9.17) is 9.84 Å². The van der Waals surface area contributed by atoms with Gasteiger partial charge in [0.1, 0.15) is 6.61 Å². The lowest BCUT2D eigenvalue weighted by Gasteiger charge is -2.29. The predicted molar refractivity (Wildman–Crippen MR) is 119 cm³/mol. The number of alkyl carbamates (subject to hydrolysis) is 1. The van der Waals surface area contributed by atoms with Crippen molar-refractivity contribution < 1.29 is 24.2 Å². The first kappa shape index (κ1) is 21.6. The second kappa shape index (κ2) is 9.68. The number of fused-ring (bicyclic) bond motifs is 3. The SMILES string of the molecule is O=C(NC/C=C/C(=O)N1CCC(C(=O)O)CC1)OCC1c2ccccc2-c2ccccc21. The minimum atomic E-state index is -0.806. The molecule has 0 aromatic heterocycles. The van der Waals surface area contributed by atoms with Gasteiger partial charge in [-0.15, -0.1) is 0 Å². The van der Waals surface area contributed by atoms with E-state index in [-0.39, 0.29) is 30.9 Å². The Morgan fingerprint density at radius 1 is 1.00 bits per heavy atom. The maximum Gasteiger partial charge on any atom is 0.407 e. The number of carbonyl (C=O) groups excluding carboxylic acids is 2. The molecule has 7 nitrogen and oxygen atoms in total. The summed E-state index contributed by atoms with van der Waals surface area (Å²) in [7, 11) is 0. The summed E-state index contributed by atoms with van der Waals surface area (Å²) in [6.07, 6.45) is 3.38. The van der Waals surface area contributed by atoms with Crippen LogP contribution in [0.15, 0.2) is 60.7 Å². The molecule has 1 aliphatic carbocycles. The molecule has 2 aromatic carbocycles. The van der Waals surface area contributed by atoms with Gasteiger partial charge in [-0.3, -0.25) is 9.59 Å². The van der Waals surface area contributed by atoms with Crippen LogP contribution in [0.4, 0.5) is 4.79 Å². The van der Waals surface area contributed by atoms with E-state index < -0.39 is 12.1 Å². The average molecular weight is 434 g/mol. The Labute approximate surface area is 186 Å². The molecule has 7 heteroatoms. The number of carboxylic acids is 1. The predicted octanol–water partition coefficient (Wildman–Crippen LogP) is 3.40. The van der Waals surface area contributed by atoms with E-state index >= 15 is 0 Å². The number of nitrogens with zero attached hydrogens (tertiary/aromatic N) is 1. The van der Waals surface area contributed by atoms with Crippen molar-refractivity contribution in [2.75, 3.05) is 26.2 Å². The Bertz CT molecular complexity index is 995. The fourth-order valence-electron chi connectivity index (χ4n) is 4.40. The van der Waals surface area contributed by atoms with Crippen molar-refractivity contribution in [1.82, 2.24) is 10.2 Å². The number of ether oxygens (including phenoxy) is 1. The Hall–Kier alpha value is -3.61. The lowest BCUT2D eigenvalue weighted by atomic mass is 9.97. The van der Waals surface area contributed by atoms with E-state index in [0.717, 1.165) is 11.1 Å². The second-order valence-corrected chi connectivity index (χ2v) is 8.05. The molecule has 0 spiro atoms. The van der Waals surface area contributed by atoms with Crippen LogP contribution in [0.2, 0.25) is 0 Å². The molecule has 32 heavy (non-hydrogen) atoms. The number of amides is 2. The molecule has 0 atom stereocenters. The monoisotopic (exact) mass is 434 g/mol. The number of carboxylic acid groups (broad SMARTS) is 1. The summed E-state index contributed by atoms with van der Waals surface area (Å²) in [5, 5.41) is 11.7. The Kier molecular flexibility index (Phi) is 6.54. The molecular weight excluding hydrogens is 408 g/mol. The smallest absolute Gasteiger partial charge is 0.407 e. The van der Waals surface area contributed by atoms with Gasteiger partial charge in [0.15, 0.2) is 0 Å². The second-order valence-electron chi connectivity index (χ2n) is 8.05. The van der Waals surface area contributed by atoms with Gasteiger partial charge >= 0.3 is 12.1 Å². The van der Waals surface area contributed by atoms with Gasteiger partial charge in [-0.1, -0.05) is 54.6 Å². The minimum absolute atomic E-state index is 0.000926. The van der Waals surface area contributed by atoms with E-state index in [9.17, 15) is 14.4 Å². The summed E-state index contributed by atoms with van der Waals surface area (Å²) in [5.74, 6) is -1.36. The maximum atomic E-state index is 12.2. The highest BCUT2D eigenvalue weighted by molar-refractivity contribution is 5.88. The van der Waals surface area contributed by atoms with Crippen LogP contribution in [0.1, 0.15) is 29.9 Å². The summed E-state index contributed by atoms with van der Waals surface area (Å²) in [4.78, 5) is 37.0. The van der Waals surface area contributed by atoms with Crippen LogP contribution < -0.4 is 5.32 Å². The highest BCUT2D eigenvalue weighted by Gasteiger charge is 2.29. The summed E-state index contributed by atoms with van der Waals surface area (Å²) in [6.45, 7) is 1.27. The zero-order valence-electron chi connectivity index (χ0n) is 17.7. The molecule has 2 aliphatic rings. The molecular formula is C25H26N2O5. The van der Waals surface area contributed by atoms with Crippen molar-refractivity contribution in [2.24, 2.45) is 5.92 Å². The van der Waals surface area contributed by atoms with Crippen LogP contribution in [0.5, 0.6) is 0 Å². The topological polar surface area (TPSA) is 95.9 Å². The first-order chi connectivity index (χ1) is 15.5. The highest BCUT2D eigenvalue weighted by atomic mass is 16.5. The number of likely N-dealkylation sites (tertiary alicyclic amines) is 1. The number of aliphatic carboxylic acids is 1. The number of hydrogen-bond acceptors (Lipinski definition) is 4.